The summed E-state index contributed by atoms with van der Waals surface area (Å²) in [6.07, 6.45) is -0.392. The number of likely N-dealkylation sites (tertiary alicyclic amines) is 1. The summed E-state index contributed by atoms with van der Waals surface area (Å²) < 4.78 is 17.5. The van der Waals surface area contributed by atoms with Crippen LogP contribution in [0.3, 0.4) is 0 Å². The number of alkyl halides is 1. The van der Waals surface area contributed by atoms with Gasteiger partial charge in [0.2, 0.25) is 0 Å². The number of hydrogen-bond acceptors (Lipinski definition) is 5. The normalized spacial score (nSPS) is 25.2. The molecular weight excluding hydrogens is 422 g/mol. The summed E-state index contributed by atoms with van der Waals surface area (Å²) in [6, 6.07) is -0.379. The molecule has 3 atom stereocenters. The second-order valence-electron chi connectivity index (χ2n) is 10.8. The lowest BCUT2D eigenvalue weighted by Gasteiger charge is -2.40. The van der Waals surface area contributed by atoms with E-state index < -0.39 is 31.5 Å². The van der Waals surface area contributed by atoms with E-state index in [0.29, 0.717) is 12.0 Å². The molecule has 0 aliphatic carbocycles. The van der Waals surface area contributed by atoms with Gasteiger partial charge in [-0.2, -0.15) is 0 Å². The third-order valence-corrected chi connectivity index (χ3v) is 11.0. The molecule has 8 heteroatoms. The lowest BCUT2D eigenvalue weighted by atomic mass is 9.88. The van der Waals surface area contributed by atoms with Crippen molar-refractivity contribution in [3.63, 3.8) is 0 Å². The van der Waals surface area contributed by atoms with Crippen LogP contribution in [0.25, 0.3) is 0 Å². The molecule has 174 valence electrons. The number of hydrogen-bond donors (Lipinski definition) is 0. The van der Waals surface area contributed by atoms with E-state index in [2.05, 4.69) is 40.4 Å². The summed E-state index contributed by atoms with van der Waals surface area (Å²) in [5.74, 6) is -0.323. The van der Waals surface area contributed by atoms with E-state index in [1.54, 1.807) is 20.8 Å². The average molecular weight is 462 g/mol. The van der Waals surface area contributed by atoms with E-state index in [9.17, 15) is 9.59 Å². The molecule has 0 N–H and O–H groups in total. The van der Waals surface area contributed by atoms with Crippen molar-refractivity contribution < 1.29 is 23.5 Å². The molecule has 0 radical (unpaired) electrons. The van der Waals surface area contributed by atoms with Crippen LogP contribution in [0.4, 0.5) is 4.79 Å². The summed E-state index contributed by atoms with van der Waals surface area (Å²) in [5.41, 5.74) is -1.33. The van der Waals surface area contributed by atoms with Gasteiger partial charge in [0.05, 0.1) is 19.3 Å². The number of methoxy groups -OCH3 is 1. The van der Waals surface area contributed by atoms with Crippen molar-refractivity contribution in [2.24, 2.45) is 0 Å². The molecule has 0 unspecified atom stereocenters. The van der Waals surface area contributed by atoms with Crippen molar-refractivity contribution in [1.82, 2.24) is 4.90 Å². The topological polar surface area (TPSA) is 65.1 Å². The highest BCUT2D eigenvalue weighted by Gasteiger charge is 2.60. The third kappa shape index (κ3) is 5.80. The van der Waals surface area contributed by atoms with E-state index in [1.165, 1.54) is 12.0 Å². The number of carbonyl (C=O) groups is 2. The minimum Gasteiger partial charge on any atom is -0.467 e. The molecule has 30 heavy (non-hydrogen) atoms. The third-order valence-electron chi connectivity index (χ3n) is 6.08. The molecule has 6 nitrogen and oxygen atoms in total. The van der Waals surface area contributed by atoms with E-state index in [0.717, 1.165) is 0 Å². The molecule has 0 bridgehead atoms. The van der Waals surface area contributed by atoms with Crippen molar-refractivity contribution in [3.8, 4) is 0 Å². The van der Waals surface area contributed by atoms with Crippen molar-refractivity contribution in [2.75, 3.05) is 13.0 Å². The Hall–Kier alpha value is -1.05. The summed E-state index contributed by atoms with van der Waals surface area (Å²) in [6.45, 7) is 22.1. The van der Waals surface area contributed by atoms with Gasteiger partial charge in [0, 0.05) is 18.7 Å². The van der Waals surface area contributed by atoms with Gasteiger partial charge >= 0.3 is 12.1 Å². The van der Waals surface area contributed by atoms with Gasteiger partial charge in [-0.15, -0.1) is 11.6 Å². The van der Waals surface area contributed by atoms with E-state index in [4.69, 9.17) is 25.5 Å². The molecule has 0 aromatic carbocycles. The second-order valence-corrected chi connectivity index (χ2v) is 15.8. The molecule has 0 aromatic heterocycles. The Morgan fingerprint density at radius 2 is 1.73 bits per heavy atom. The van der Waals surface area contributed by atoms with Crippen LogP contribution in [-0.2, 0) is 18.7 Å². The van der Waals surface area contributed by atoms with E-state index >= 15 is 0 Å². The molecule has 0 aromatic rings. The van der Waals surface area contributed by atoms with Gasteiger partial charge in [-0.3, -0.25) is 4.90 Å². The minimum absolute atomic E-state index is 0.0142. The Morgan fingerprint density at radius 1 is 1.20 bits per heavy atom. The van der Waals surface area contributed by atoms with Crippen LogP contribution in [0.15, 0.2) is 12.2 Å². The van der Waals surface area contributed by atoms with Crippen LogP contribution in [0.2, 0.25) is 18.1 Å². The van der Waals surface area contributed by atoms with Crippen LogP contribution >= 0.6 is 11.6 Å². The first-order valence-corrected chi connectivity index (χ1v) is 13.9. The molecule has 1 fully saturated rings. The number of carbonyl (C=O) groups excluding carboxylic acids is 2. The number of rotatable bonds is 6. The Morgan fingerprint density at radius 3 is 2.13 bits per heavy atom. The molecule has 0 saturated carbocycles. The van der Waals surface area contributed by atoms with Gasteiger partial charge in [-0.05, 0) is 45.8 Å². The largest absolute Gasteiger partial charge is 0.467 e. The van der Waals surface area contributed by atoms with Gasteiger partial charge in [-0.1, -0.05) is 32.9 Å². The van der Waals surface area contributed by atoms with Crippen molar-refractivity contribution in [3.05, 3.63) is 12.2 Å². The predicted molar refractivity (Wildman–Crippen MR) is 123 cm³/mol. The molecule has 1 amide bonds. The highest BCUT2D eigenvalue weighted by molar-refractivity contribution is 6.74. The van der Waals surface area contributed by atoms with Crippen molar-refractivity contribution in [2.45, 2.75) is 103 Å². The minimum atomic E-state index is -2.16. The first kappa shape index (κ1) is 27.0. The van der Waals surface area contributed by atoms with Crippen LogP contribution in [0, 0.1) is 0 Å². The molecule has 0 spiro atoms. The summed E-state index contributed by atoms with van der Waals surface area (Å²) in [4.78, 5) is 27.9. The predicted octanol–water partition coefficient (Wildman–Crippen LogP) is 5.50. The molecule has 1 aliphatic rings. The zero-order valence-electron chi connectivity index (χ0n) is 20.3. The quantitative estimate of drug-likeness (QED) is 0.226. The maximum atomic E-state index is 13.3. The molecule has 1 saturated heterocycles. The Balaban J connectivity index is 3.50. The fraction of sp³-hybridized carbons (Fsp3) is 0.818. The van der Waals surface area contributed by atoms with Crippen molar-refractivity contribution in [1.29, 1.82) is 0 Å². The summed E-state index contributed by atoms with van der Waals surface area (Å²) >= 11 is 6.00. The first-order chi connectivity index (χ1) is 13.4. The maximum Gasteiger partial charge on any atom is 0.411 e. The van der Waals surface area contributed by atoms with Crippen LogP contribution in [0.1, 0.15) is 61.3 Å². The Kier molecular flexibility index (Phi) is 8.28. The standard InChI is InChI=1S/C22H40ClNO5Si/c1-15(14-23)12-22(18(25)27-9)13-17(29-30(10,11)21(6,7)8)16(2)24(22)19(26)28-20(3,4)5/h16-17H,1,12-14H2,2-11H3/t16-,17-,22-/m1/s1. The van der Waals surface area contributed by atoms with Crippen molar-refractivity contribution >= 4 is 32.0 Å². The first-order valence-electron chi connectivity index (χ1n) is 10.4. The molecule has 1 heterocycles. The van der Waals surface area contributed by atoms with Crippen LogP contribution in [-0.4, -0.2) is 61.6 Å². The fourth-order valence-corrected chi connectivity index (χ4v) is 5.05. The SMILES string of the molecule is C=C(CCl)C[C@]1(C(=O)OC)C[C@@H](O[Si](C)(C)C(C)(C)C)[C@@H](C)N1C(=O)OC(C)(C)C. The maximum absolute atomic E-state index is 13.3. The Labute approximate surface area is 188 Å². The fourth-order valence-electron chi connectivity index (χ4n) is 3.57. The summed E-state index contributed by atoms with van der Waals surface area (Å²) in [5, 5.41) is -0.0142. The molecule has 1 aliphatic heterocycles. The highest BCUT2D eigenvalue weighted by atomic mass is 35.5. The second kappa shape index (κ2) is 9.21. The van der Waals surface area contributed by atoms with Gasteiger partial charge in [-0.25, -0.2) is 9.59 Å². The van der Waals surface area contributed by atoms with E-state index in [1.807, 2.05) is 6.92 Å². The average Bonchev–Trinajstić information content (AvgIpc) is 2.83. The van der Waals surface area contributed by atoms with Gasteiger partial charge in [0.1, 0.15) is 11.1 Å². The lowest BCUT2D eigenvalue weighted by Crippen LogP contribution is -2.57. The Bertz CT molecular complexity index is 667. The number of halogens is 1. The highest BCUT2D eigenvalue weighted by Crippen LogP contribution is 2.45. The zero-order valence-corrected chi connectivity index (χ0v) is 22.1. The smallest absolute Gasteiger partial charge is 0.411 e. The number of amides is 1. The molecular formula is C22H40ClNO5Si. The van der Waals surface area contributed by atoms with Crippen LogP contribution < -0.4 is 0 Å². The monoisotopic (exact) mass is 461 g/mol. The number of nitrogens with zero attached hydrogens (tertiary/aromatic N) is 1. The lowest BCUT2D eigenvalue weighted by molar-refractivity contribution is -0.154. The van der Waals surface area contributed by atoms with Gasteiger partial charge in [0.15, 0.2) is 8.32 Å². The summed E-state index contributed by atoms with van der Waals surface area (Å²) in [7, 11) is -0.831. The van der Waals surface area contributed by atoms with Crippen LogP contribution in [0.5, 0.6) is 0 Å². The van der Waals surface area contributed by atoms with Gasteiger partial charge < -0.3 is 13.9 Å². The van der Waals surface area contributed by atoms with Gasteiger partial charge in [0.25, 0.3) is 0 Å². The number of ether oxygens (including phenoxy) is 2. The molecule has 1 rings (SSSR count). The number of esters is 1. The van der Waals surface area contributed by atoms with E-state index in [-0.39, 0.29) is 29.5 Å². The zero-order chi connectivity index (χ0) is 23.7.